The van der Waals surface area contributed by atoms with Crippen LogP contribution in [0.1, 0.15) is 27.3 Å². The third kappa shape index (κ3) is 3.73. The zero-order chi connectivity index (χ0) is 21.3. The molecule has 0 fully saturated rings. The summed E-state index contributed by atoms with van der Waals surface area (Å²) < 4.78 is 5.93. The second-order valence-electron chi connectivity index (χ2n) is 7.27. The molecule has 0 atom stereocenters. The monoisotopic (exact) mass is 407 g/mol. The van der Waals surface area contributed by atoms with Crippen LogP contribution in [-0.4, -0.2) is 45.2 Å². The van der Waals surface area contributed by atoms with Gasteiger partial charge in [-0.3, -0.25) is 14.4 Å². The molecular weight excluding hydrogens is 386 g/mol. The predicted molar refractivity (Wildman–Crippen MR) is 108 cm³/mol. The first-order chi connectivity index (χ1) is 14.4. The van der Waals surface area contributed by atoms with Gasteiger partial charge < -0.3 is 14.4 Å². The minimum absolute atomic E-state index is 0.135. The number of pyridine rings is 1. The molecule has 154 valence electrons. The average molecular weight is 407 g/mol. The van der Waals surface area contributed by atoms with Gasteiger partial charge in [-0.25, -0.2) is 4.63 Å². The smallest absolute Gasteiger partial charge is 0.255 e. The molecule has 0 unspecified atom stereocenters. The van der Waals surface area contributed by atoms with Crippen LogP contribution in [0.2, 0.25) is 0 Å². The number of fused-ring (bicyclic) bond motifs is 1. The molecule has 2 amide bonds. The summed E-state index contributed by atoms with van der Waals surface area (Å²) in [5.74, 6) is -0.491. The van der Waals surface area contributed by atoms with Crippen molar-refractivity contribution in [2.75, 3.05) is 18.5 Å². The molecule has 0 saturated heterocycles. The molecule has 0 bridgehead atoms. The van der Waals surface area contributed by atoms with Crippen LogP contribution in [0.25, 0.3) is 0 Å². The molecule has 0 saturated carbocycles. The topological polar surface area (TPSA) is 102 Å². The highest BCUT2D eigenvalue weighted by Gasteiger charge is 2.25. The number of carbonyl (C=O) groups excluding carboxylic acids is 2. The molecule has 30 heavy (non-hydrogen) atoms. The molecule has 1 aromatic carbocycles. The van der Waals surface area contributed by atoms with Crippen molar-refractivity contribution in [1.82, 2.24) is 19.8 Å². The zero-order valence-electron chi connectivity index (χ0n) is 16.7. The van der Waals surface area contributed by atoms with Crippen molar-refractivity contribution in [3.63, 3.8) is 0 Å². The molecule has 3 aromatic rings. The molecule has 3 heterocycles. The molecule has 2 aromatic heterocycles. The van der Waals surface area contributed by atoms with E-state index < -0.39 is 0 Å². The van der Waals surface area contributed by atoms with Crippen molar-refractivity contribution in [2.24, 2.45) is 0 Å². The summed E-state index contributed by atoms with van der Waals surface area (Å²) in [5.41, 5.74) is 3.12. The minimum atomic E-state index is -0.341. The van der Waals surface area contributed by atoms with E-state index in [-0.39, 0.29) is 30.5 Å². The zero-order valence-corrected chi connectivity index (χ0v) is 16.7. The van der Waals surface area contributed by atoms with E-state index in [1.165, 1.54) is 27.8 Å². The average Bonchev–Trinajstić information content (AvgIpc) is 3.35. The van der Waals surface area contributed by atoms with Gasteiger partial charge in [-0.05, 0) is 31.0 Å². The largest absolute Gasteiger partial charge is 0.336 e. The number of para-hydroxylation sites is 1. The first-order valence-corrected chi connectivity index (χ1v) is 9.56. The first-order valence-electron chi connectivity index (χ1n) is 9.56. The van der Waals surface area contributed by atoms with Crippen LogP contribution in [0.4, 0.5) is 5.69 Å². The van der Waals surface area contributed by atoms with Gasteiger partial charge >= 0.3 is 0 Å². The fourth-order valence-electron chi connectivity index (χ4n) is 3.52. The van der Waals surface area contributed by atoms with E-state index in [2.05, 4.69) is 14.9 Å². The second-order valence-corrected chi connectivity index (χ2v) is 7.27. The van der Waals surface area contributed by atoms with Gasteiger partial charge in [-0.15, -0.1) is 0 Å². The Morgan fingerprint density at radius 1 is 1.17 bits per heavy atom. The highest BCUT2D eigenvalue weighted by atomic mass is 16.6. The lowest BCUT2D eigenvalue weighted by Gasteiger charge is -2.19. The number of benzene rings is 1. The first kappa shape index (κ1) is 19.6. The van der Waals surface area contributed by atoms with Gasteiger partial charge in [0.1, 0.15) is 17.9 Å². The maximum absolute atomic E-state index is 12.8. The van der Waals surface area contributed by atoms with Gasteiger partial charge in [-0.2, -0.15) is 0 Å². The van der Waals surface area contributed by atoms with E-state index in [0.29, 0.717) is 23.5 Å². The van der Waals surface area contributed by atoms with Gasteiger partial charge in [0.2, 0.25) is 5.91 Å². The van der Waals surface area contributed by atoms with E-state index in [1.54, 1.807) is 18.9 Å². The lowest BCUT2D eigenvalue weighted by Crippen LogP contribution is -2.36. The fraction of sp³-hybridized carbons (Fsp3) is 0.286. The number of carbonyl (C=O) groups is 2. The van der Waals surface area contributed by atoms with E-state index in [1.807, 2.05) is 24.3 Å². The van der Waals surface area contributed by atoms with E-state index in [0.717, 1.165) is 17.7 Å². The highest BCUT2D eigenvalue weighted by Crippen LogP contribution is 2.27. The van der Waals surface area contributed by atoms with E-state index >= 15 is 0 Å². The SMILES string of the molecule is Cc1nonc1CN(C)C(=O)c1ccc(=O)n(CC(=O)N2CCc3ccccc32)c1. The number of amides is 2. The van der Waals surface area contributed by atoms with Gasteiger partial charge in [0.25, 0.3) is 11.5 Å². The van der Waals surface area contributed by atoms with Crippen LogP contribution in [0.3, 0.4) is 0 Å². The lowest BCUT2D eigenvalue weighted by atomic mass is 10.2. The second kappa shape index (κ2) is 7.94. The number of anilines is 1. The summed E-state index contributed by atoms with van der Waals surface area (Å²) in [7, 11) is 1.62. The Bertz CT molecular complexity index is 1170. The molecule has 1 aliphatic heterocycles. The van der Waals surface area contributed by atoms with Crippen LogP contribution < -0.4 is 10.5 Å². The van der Waals surface area contributed by atoms with Crippen molar-refractivity contribution < 1.29 is 14.2 Å². The van der Waals surface area contributed by atoms with Crippen molar-refractivity contribution in [3.8, 4) is 0 Å². The third-order valence-electron chi connectivity index (χ3n) is 5.20. The number of aromatic nitrogens is 3. The Labute approximate surface area is 172 Å². The van der Waals surface area contributed by atoms with Crippen LogP contribution in [0.15, 0.2) is 52.0 Å². The minimum Gasteiger partial charge on any atom is -0.336 e. The summed E-state index contributed by atoms with van der Waals surface area (Å²) in [6, 6.07) is 10.5. The number of rotatable bonds is 5. The molecule has 1 aliphatic rings. The van der Waals surface area contributed by atoms with Crippen LogP contribution in [0.5, 0.6) is 0 Å². The molecule has 0 N–H and O–H groups in total. The maximum atomic E-state index is 12.8. The Balaban J connectivity index is 1.51. The summed E-state index contributed by atoms with van der Waals surface area (Å²) in [4.78, 5) is 41.1. The number of nitrogens with zero attached hydrogens (tertiary/aromatic N) is 5. The molecule has 0 aliphatic carbocycles. The molecular formula is C21H21N5O4. The normalized spacial score (nSPS) is 12.7. The summed E-state index contributed by atoms with van der Waals surface area (Å²) in [6.07, 6.45) is 2.21. The van der Waals surface area contributed by atoms with Gasteiger partial charge in [0.05, 0.1) is 12.1 Å². The molecule has 0 radical (unpaired) electrons. The number of hydrogen-bond donors (Lipinski definition) is 0. The Morgan fingerprint density at radius 3 is 2.73 bits per heavy atom. The summed E-state index contributed by atoms with van der Waals surface area (Å²) in [6.45, 7) is 2.41. The standard InChI is InChI=1S/C21H21N5O4/c1-14-17(23-30-22-14)12-24(2)21(29)16-7-8-19(27)25(11-16)13-20(28)26-10-9-15-5-3-4-6-18(15)26/h3-8,11H,9-10,12-13H2,1-2H3. The molecule has 9 nitrogen and oxygen atoms in total. The van der Waals surface area contributed by atoms with Gasteiger partial charge in [0.15, 0.2) is 0 Å². The van der Waals surface area contributed by atoms with E-state index in [9.17, 15) is 14.4 Å². The predicted octanol–water partition coefficient (Wildman–Crippen LogP) is 1.40. The number of hydrogen-bond acceptors (Lipinski definition) is 6. The molecule has 4 rings (SSSR count). The Kier molecular flexibility index (Phi) is 5.18. The van der Waals surface area contributed by atoms with Crippen LogP contribution in [0, 0.1) is 6.92 Å². The maximum Gasteiger partial charge on any atom is 0.255 e. The van der Waals surface area contributed by atoms with Crippen molar-refractivity contribution in [3.05, 3.63) is 75.5 Å². The summed E-state index contributed by atoms with van der Waals surface area (Å²) in [5, 5.41) is 7.48. The number of aryl methyl sites for hydroxylation is 1. The molecule has 0 spiro atoms. The Hall–Kier alpha value is -3.75. The quantitative estimate of drug-likeness (QED) is 0.634. The fourth-order valence-corrected chi connectivity index (χ4v) is 3.52. The van der Waals surface area contributed by atoms with Gasteiger partial charge in [0, 0.05) is 31.5 Å². The van der Waals surface area contributed by atoms with Crippen molar-refractivity contribution in [2.45, 2.75) is 26.4 Å². The lowest BCUT2D eigenvalue weighted by molar-refractivity contribution is -0.119. The van der Waals surface area contributed by atoms with Crippen LogP contribution in [-0.2, 0) is 24.3 Å². The summed E-state index contributed by atoms with van der Waals surface area (Å²) >= 11 is 0. The van der Waals surface area contributed by atoms with Crippen molar-refractivity contribution in [1.29, 1.82) is 0 Å². The third-order valence-corrected chi connectivity index (χ3v) is 5.20. The van der Waals surface area contributed by atoms with E-state index in [4.69, 9.17) is 0 Å². The Morgan fingerprint density at radius 2 is 1.97 bits per heavy atom. The highest BCUT2D eigenvalue weighted by molar-refractivity contribution is 5.96. The van der Waals surface area contributed by atoms with Crippen molar-refractivity contribution >= 4 is 17.5 Å². The van der Waals surface area contributed by atoms with Crippen LogP contribution >= 0.6 is 0 Å². The van der Waals surface area contributed by atoms with Gasteiger partial charge in [-0.1, -0.05) is 28.5 Å². The molecule has 9 heteroatoms.